The quantitative estimate of drug-likeness (QED) is 0.264. The van der Waals surface area contributed by atoms with E-state index in [1.165, 1.54) is 7.11 Å². The molecule has 5 aliphatic rings. The molecule has 5 heterocycles. The average Bonchev–Trinajstić information content (AvgIpc) is 3.73. The lowest BCUT2D eigenvalue weighted by molar-refractivity contribution is -0.336. The van der Waals surface area contributed by atoms with Crippen LogP contribution < -0.4 is 0 Å². The number of aliphatic carboxylic acids is 1. The number of hydrogen-bond donors (Lipinski definition) is 4. The van der Waals surface area contributed by atoms with Gasteiger partial charge in [-0.1, -0.05) is 41.5 Å². The molecule has 0 saturated carbocycles. The Morgan fingerprint density at radius 3 is 2.34 bits per heavy atom. The molecule has 5 fully saturated rings. The van der Waals surface area contributed by atoms with Crippen LogP contribution in [-0.2, 0) is 33.2 Å². The Bertz CT molecular complexity index is 1110. The number of carboxylic acid groups (broad SMARTS) is 1. The highest BCUT2D eigenvalue weighted by molar-refractivity contribution is 5.70. The first-order chi connectivity index (χ1) is 22.0. The Balaban J connectivity index is 1.29. The van der Waals surface area contributed by atoms with Gasteiger partial charge in [0, 0.05) is 37.7 Å². The Labute approximate surface area is 281 Å². The molecule has 0 aromatic rings. The van der Waals surface area contributed by atoms with E-state index in [4.69, 9.17) is 28.4 Å². The molecule has 5 aliphatic heterocycles. The maximum absolute atomic E-state index is 11.8. The zero-order valence-electron chi connectivity index (χ0n) is 30.0. The number of aliphatic hydroxyl groups is 3. The van der Waals surface area contributed by atoms with Crippen LogP contribution in [0.2, 0.25) is 0 Å². The zero-order valence-corrected chi connectivity index (χ0v) is 30.0. The third-order valence-electron chi connectivity index (χ3n) is 13.0. The molecular formula is C36H62O11. The van der Waals surface area contributed by atoms with Crippen LogP contribution >= 0.6 is 0 Å². The molecule has 4 N–H and O–H groups in total. The van der Waals surface area contributed by atoms with E-state index in [1.54, 1.807) is 6.92 Å². The monoisotopic (exact) mass is 670 g/mol. The van der Waals surface area contributed by atoms with Crippen LogP contribution in [-0.4, -0.2) is 106 Å². The molecule has 47 heavy (non-hydrogen) atoms. The molecule has 11 heteroatoms. The normalized spacial score (nSPS) is 50.9. The summed E-state index contributed by atoms with van der Waals surface area (Å²) in [7, 11) is 1.52. The minimum absolute atomic E-state index is 0.153. The first-order valence-corrected chi connectivity index (χ1v) is 18.1. The fourth-order valence-corrected chi connectivity index (χ4v) is 9.91. The summed E-state index contributed by atoms with van der Waals surface area (Å²) in [5.41, 5.74) is -1.15. The summed E-state index contributed by atoms with van der Waals surface area (Å²) in [6.45, 7) is 15.6. The predicted octanol–water partition coefficient (Wildman–Crippen LogP) is 4.27. The van der Waals surface area contributed by atoms with Crippen molar-refractivity contribution in [2.45, 2.75) is 172 Å². The molecular weight excluding hydrogens is 608 g/mol. The second kappa shape index (κ2) is 13.7. The van der Waals surface area contributed by atoms with Gasteiger partial charge in [0.05, 0.1) is 66.5 Å². The topological polar surface area (TPSA) is 153 Å². The van der Waals surface area contributed by atoms with E-state index in [0.29, 0.717) is 19.3 Å². The van der Waals surface area contributed by atoms with E-state index in [1.807, 2.05) is 20.8 Å². The molecule has 4 unspecified atom stereocenters. The molecule has 17 atom stereocenters. The predicted molar refractivity (Wildman–Crippen MR) is 172 cm³/mol. The van der Waals surface area contributed by atoms with Crippen molar-refractivity contribution in [2.24, 2.45) is 35.5 Å². The number of hydrogen-bond acceptors (Lipinski definition) is 10. The van der Waals surface area contributed by atoms with E-state index in [9.17, 15) is 25.2 Å². The first kappa shape index (κ1) is 37.4. The minimum Gasteiger partial charge on any atom is -0.481 e. The summed E-state index contributed by atoms with van der Waals surface area (Å²) in [5, 5.41) is 41.8. The lowest BCUT2D eigenvalue weighted by atomic mass is 9.78. The molecule has 0 radical (unpaired) electrons. The average molecular weight is 671 g/mol. The molecule has 0 aromatic carbocycles. The van der Waals surface area contributed by atoms with Crippen molar-refractivity contribution in [3.05, 3.63) is 0 Å². The van der Waals surface area contributed by atoms with Crippen molar-refractivity contribution in [3.8, 4) is 0 Å². The van der Waals surface area contributed by atoms with Gasteiger partial charge in [0.1, 0.15) is 0 Å². The molecule has 5 rings (SSSR count). The Kier molecular flexibility index (Phi) is 10.9. The lowest BCUT2D eigenvalue weighted by Crippen LogP contribution is -2.57. The number of rotatable bonds is 10. The summed E-state index contributed by atoms with van der Waals surface area (Å²) >= 11 is 0. The summed E-state index contributed by atoms with van der Waals surface area (Å²) in [6.07, 6.45) is 2.99. The maximum atomic E-state index is 11.8. The van der Waals surface area contributed by atoms with Gasteiger partial charge in [-0.2, -0.15) is 0 Å². The lowest BCUT2D eigenvalue weighted by Gasteiger charge is -2.49. The molecule has 272 valence electrons. The summed E-state index contributed by atoms with van der Waals surface area (Å²) in [4.78, 5) is 11.8. The summed E-state index contributed by atoms with van der Waals surface area (Å²) in [6, 6.07) is 0. The molecule has 0 amide bonds. The molecule has 0 bridgehead atoms. The number of carbonyl (C=O) groups is 1. The van der Waals surface area contributed by atoms with Gasteiger partial charge in [-0.15, -0.1) is 0 Å². The number of aliphatic hydroxyl groups excluding tert-OH is 2. The Morgan fingerprint density at radius 1 is 1.02 bits per heavy atom. The molecule has 1 spiro atoms. The van der Waals surface area contributed by atoms with Crippen molar-refractivity contribution < 1.29 is 53.6 Å². The molecule has 11 nitrogen and oxygen atoms in total. The van der Waals surface area contributed by atoms with Gasteiger partial charge in [0.15, 0.2) is 11.6 Å². The maximum Gasteiger partial charge on any atom is 0.308 e. The minimum atomic E-state index is -1.56. The second-order valence-corrected chi connectivity index (χ2v) is 16.3. The van der Waals surface area contributed by atoms with E-state index in [2.05, 4.69) is 27.7 Å². The van der Waals surface area contributed by atoms with Crippen molar-refractivity contribution >= 4 is 5.97 Å². The largest absolute Gasteiger partial charge is 0.481 e. The first-order valence-electron chi connectivity index (χ1n) is 18.1. The van der Waals surface area contributed by atoms with Gasteiger partial charge in [0.2, 0.25) is 0 Å². The highest BCUT2D eigenvalue weighted by Gasteiger charge is 2.62. The van der Waals surface area contributed by atoms with Gasteiger partial charge >= 0.3 is 5.97 Å². The van der Waals surface area contributed by atoms with Gasteiger partial charge in [-0.25, -0.2) is 0 Å². The fraction of sp³-hybridized carbons (Fsp3) is 0.972. The summed E-state index contributed by atoms with van der Waals surface area (Å²) in [5.74, 6) is -4.52. The van der Waals surface area contributed by atoms with Crippen LogP contribution in [0, 0.1) is 35.5 Å². The van der Waals surface area contributed by atoms with Crippen LogP contribution in [0.5, 0.6) is 0 Å². The van der Waals surface area contributed by atoms with Gasteiger partial charge < -0.3 is 48.8 Å². The third-order valence-corrected chi connectivity index (χ3v) is 13.0. The molecule has 0 aliphatic carbocycles. The number of carboxylic acids is 1. The van der Waals surface area contributed by atoms with Crippen molar-refractivity contribution in [2.75, 3.05) is 13.7 Å². The van der Waals surface area contributed by atoms with Crippen molar-refractivity contribution in [1.82, 2.24) is 0 Å². The van der Waals surface area contributed by atoms with E-state index in [-0.39, 0.29) is 54.0 Å². The summed E-state index contributed by atoms with van der Waals surface area (Å²) < 4.78 is 39.4. The highest BCUT2D eigenvalue weighted by atomic mass is 16.7. The zero-order chi connectivity index (χ0) is 34.7. The Hall–Kier alpha value is -0.890. The SMILES string of the molecule is CC[C@@]1(C2O[C@@H](C3O[C@@](O)(CO)C(C)C[C@@H]3C)C[C@@H]2C)CC[C@H]([C@]2(C)CC[C@]3(C[C@H](O)[C@@H](C)[C@@H]([C@@H](C)[C@@H](OC)C(C)C(=O)O)O3)O2)O1. The second-order valence-electron chi connectivity index (χ2n) is 16.3. The molecule has 0 aromatic heterocycles. The standard InChI is InChI=1S/C36H62O11/c1-10-34(31-20(3)16-26(43-31)28-19(2)15-21(4)36(41,18-37)46-28)12-11-27(44-34)33(8)13-14-35(47-33)17-25(38)22(5)30(45-35)23(6)29(42-9)24(7)32(39)40/h19-31,37-38,41H,10-18H2,1-9H3,(H,39,40)/t19-,20-,21?,22+,23-,24?,25-,26+,27+,28?,29+,30-,31?,33-,34-,35+,36-/m0/s1. The van der Waals surface area contributed by atoms with Gasteiger partial charge in [-0.3, -0.25) is 4.79 Å². The van der Waals surface area contributed by atoms with Crippen LogP contribution in [0.4, 0.5) is 0 Å². The van der Waals surface area contributed by atoms with Gasteiger partial charge in [0.25, 0.3) is 0 Å². The van der Waals surface area contributed by atoms with E-state index in [0.717, 1.165) is 32.1 Å². The van der Waals surface area contributed by atoms with E-state index < -0.39 is 59.6 Å². The van der Waals surface area contributed by atoms with Crippen LogP contribution in [0.25, 0.3) is 0 Å². The van der Waals surface area contributed by atoms with Gasteiger partial charge in [-0.05, 0) is 64.2 Å². The van der Waals surface area contributed by atoms with E-state index >= 15 is 0 Å². The van der Waals surface area contributed by atoms with Crippen molar-refractivity contribution in [3.63, 3.8) is 0 Å². The van der Waals surface area contributed by atoms with Crippen LogP contribution in [0.1, 0.15) is 107 Å². The smallest absolute Gasteiger partial charge is 0.308 e. The fourth-order valence-electron chi connectivity index (χ4n) is 9.91. The van der Waals surface area contributed by atoms with Crippen LogP contribution in [0.15, 0.2) is 0 Å². The van der Waals surface area contributed by atoms with Crippen LogP contribution in [0.3, 0.4) is 0 Å². The number of methoxy groups -OCH3 is 1. The molecule has 5 saturated heterocycles. The number of ether oxygens (including phenoxy) is 6. The third kappa shape index (κ3) is 6.67. The Morgan fingerprint density at radius 2 is 1.72 bits per heavy atom. The van der Waals surface area contributed by atoms with Crippen molar-refractivity contribution in [1.29, 1.82) is 0 Å². The highest BCUT2D eigenvalue weighted by Crippen LogP contribution is 2.55.